The highest BCUT2D eigenvalue weighted by Gasteiger charge is 2.20. The molecule has 0 amide bonds. The van der Waals surface area contributed by atoms with Gasteiger partial charge in [-0.2, -0.15) is 0 Å². The molecule has 0 rings (SSSR count). The van der Waals surface area contributed by atoms with Crippen molar-refractivity contribution < 1.29 is 4.84 Å². The molecule has 1 atom stereocenters. The van der Waals surface area contributed by atoms with Gasteiger partial charge in [0, 0.05) is 6.20 Å². The van der Waals surface area contributed by atoms with Gasteiger partial charge >= 0.3 is 0 Å². The predicted molar refractivity (Wildman–Crippen MR) is 43.3 cm³/mol. The standard InChI is InChI=1S/C8H17NO/c1-6-9-10-7(2)8(3,4)5/h6-7,9H,1H2,2-5H3. The van der Waals surface area contributed by atoms with E-state index in [1.165, 1.54) is 6.20 Å². The zero-order valence-corrected chi connectivity index (χ0v) is 7.27. The molecule has 0 saturated heterocycles. The van der Waals surface area contributed by atoms with E-state index < -0.39 is 0 Å². The molecule has 0 aliphatic heterocycles. The van der Waals surface area contributed by atoms with E-state index in [-0.39, 0.29) is 11.5 Å². The highest BCUT2D eigenvalue weighted by molar-refractivity contribution is 4.69. The average molecular weight is 143 g/mol. The topological polar surface area (TPSA) is 21.3 Å². The zero-order valence-electron chi connectivity index (χ0n) is 7.27. The van der Waals surface area contributed by atoms with Gasteiger partial charge in [-0.3, -0.25) is 10.3 Å². The van der Waals surface area contributed by atoms with Crippen LogP contribution in [0.1, 0.15) is 27.7 Å². The van der Waals surface area contributed by atoms with Crippen LogP contribution in [0, 0.1) is 5.41 Å². The van der Waals surface area contributed by atoms with Crippen LogP contribution in [0.3, 0.4) is 0 Å². The Labute approximate surface area is 63.2 Å². The third-order valence-electron chi connectivity index (χ3n) is 1.55. The summed E-state index contributed by atoms with van der Waals surface area (Å²) >= 11 is 0. The molecule has 0 aliphatic carbocycles. The quantitative estimate of drug-likeness (QED) is 0.611. The Morgan fingerprint density at radius 3 is 2.30 bits per heavy atom. The van der Waals surface area contributed by atoms with E-state index in [1.54, 1.807) is 0 Å². The first-order valence-electron chi connectivity index (χ1n) is 3.50. The fraction of sp³-hybridized carbons (Fsp3) is 0.750. The molecule has 1 unspecified atom stereocenters. The molecule has 2 heteroatoms. The second kappa shape index (κ2) is 3.62. The van der Waals surface area contributed by atoms with E-state index in [0.29, 0.717) is 0 Å². The second-order valence-electron chi connectivity index (χ2n) is 3.45. The molecule has 0 aromatic heterocycles. The summed E-state index contributed by atoms with van der Waals surface area (Å²) in [6.07, 6.45) is 1.72. The number of hydroxylamine groups is 1. The van der Waals surface area contributed by atoms with E-state index in [2.05, 4.69) is 32.8 Å². The van der Waals surface area contributed by atoms with Gasteiger partial charge in [0.15, 0.2) is 0 Å². The fourth-order valence-electron chi connectivity index (χ4n) is 0.327. The summed E-state index contributed by atoms with van der Waals surface area (Å²) in [5.41, 5.74) is 2.80. The molecular formula is C8H17NO. The summed E-state index contributed by atoms with van der Waals surface area (Å²) in [6.45, 7) is 11.9. The lowest BCUT2D eigenvalue weighted by atomic mass is 9.90. The summed E-state index contributed by atoms with van der Waals surface area (Å²) in [6, 6.07) is 0. The van der Waals surface area contributed by atoms with Crippen LogP contribution in [0.5, 0.6) is 0 Å². The molecule has 0 bridgehead atoms. The molecule has 10 heavy (non-hydrogen) atoms. The van der Waals surface area contributed by atoms with Gasteiger partial charge < -0.3 is 0 Å². The van der Waals surface area contributed by atoms with Crippen molar-refractivity contribution >= 4 is 0 Å². The summed E-state index contributed by atoms with van der Waals surface area (Å²) in [4.78, 5) is 5.19. The van der Waals surface area contributed by atoms with Crippen molar-refractivity contribution in [3.8, 4) is 0 Å². The predicted octanol–water partition coefficient (Wildman–Crippen LogP) is 2.09. The summed E-state index contributed by atoms with van der Waals surface area (Å²) in [5.74, 6) is 0. The summed E-state index contributed by atoms with van der Waals surface area (Å²) in [7, 11) is 0. The van der Waals surface area contributed by atoms with Crippen LogP contribution in [-0.4, -0.2) is 6.10 Å². The maximum atomic E-state index is 5.19. The second-order valence-corrected chi connectivity index (χ2v) is 3.45. The van der Waals surface area contributed by atoms with Gasteiger partial charge in [0.05, 0.1) is 6.10 Å². The highest BCUT2D eigenvalue weighted by atomic mass is 16.7. The van der Waals surface area contributed by atoms with Gasteiger partial charge in [0.25, 0.3) is 0 Å². The molecule has 1 N–H and O–H groups in total. The molecule has 0 saturated carbocycles. The van der Waals surface area contributed by atoms with Crippen LogP contribution < -0.4 is 5.48 Å². The first kappa shape index (κ1) is 9.50. The molecular weight excluding hydrogens is 126 g/mol. The van der Waals surface area contributed by atoms with E-state index in [9.17, 15) is 0 Å². The largest absolute Gasteiger partial charge is 0.275 e. The Kier molecular flexibility index (Phi) is 3.43. The minimum absolute atomic E-state index is 0.177. The minimum atomic E-state index is 0.177. The molecule has 0 aliphatic rings. The number of hydrogen-bond acceptors (Lipinski definition) is 2. The fourth-order valence-corrected chi connectivity index (χ4v) is 0.327. The monoisotopic (exact) mass is 143 g/mol. The number of hydrogen-bond donors (Lipinski definition) is 1. The lowest BCUT2D eigenvalue weighted by molar-refractivity contribution is -0.0483. The van der Waals surface area contributed by atoms with Gasteiger partial charge in [-0.05, 0) is 12.3 Å². The molecule has 0 aromatic carbocycles. The van der Waals surface area contributed by atoms with Gasteiger partial charge in [0.2, 0.25) is 0 Å². The van der Waals surface area contributed by atoms with Crippen molar-refractivity contribution in [2.45, 2.75) is 33.8 Å². The molecule has 60 valence electrons. The Bertz CT molecular complexity index is 104. The van der Waals surface area contributed by atoms with Crippen molar-refractivity contribution in [3.63, 3.8) is 0 Å². The van der Waals surface area contributed by atoms with E-state index in [1.807, 2.05) is 6.92 Å². The molecule has 0 fully saturated rings. The van der Waals surface area contributed by atoms with Crippen LogP contribution in [0.2, 0.25) is 0 Å². The van der Waals surface area contributed by atoms with Crippen molar-refractivity contribution in [2.75, 3.05) is 0 Å². The van der Waals surface area contributed by atoms with Gasteiger partial charge in [0.1, 0.15) is 0 Å². The van der Waals surface area contributed by atoms with Crippen molar-refractivity contribution in [2.24, 2.45) is 5.41 Å². The van der Waals surface area contributed by atoms with Crippen LogP contribution in [-0.2, 0) is 4.84 Å². The Morgan fingerprint density at radius 1 is 1.50 bits per heavy atom. The zero-order chi connectivity index (χ0) is 8.20. The lowest BCUT2D eigenvalue weighted by Crippen LogP contribution is -2.29. The van der Waals surface area contributed by atoms with Crippen LogP contribution >= 0.6 is 0 Å². The van der Waals surface area contributed by atoms with Crippen LogP contribution in [0.4, 0.5) is 0 Å². The smallest absolute Gasteiger partial charge is 0.0873 e. The number of rotatable bonds is 3. The molecule has 2 nitrogen and oxygen atoms in total. The Hall–Kier alpha value is -0.500. The first-order valence-corrected chi connectivity index (χ1v) is 3.50. The highest BCUT2D eigenvalue weighted by Crippen LogP contribution is 2.20. The maximum Gasteiger partial charge on any atom is 0.0873 e. The molecule has 0 aromatic rings. The van der Waals surface area contributed by atoms with Gasteiger partial charge in [-0.25, -0.2) is 0 Å². The van der Waals surface area contributed by atoms with Gasteiger partial charge in [-0.1, -0.05) is 27.4 Å². The van der Waals surface area contributed by atoms with Crippen molar-refractivity contribution in [3.05, 3.63) is 12.8 Å². The molecule has 0 heterocycles. The van der Waals surface area contributed by atoms with Crippen molar-refractivity contribution in [1.29, 1.82) is 0 Å². The molecule has 0 radical (unpaired) electrons. The molecule has 0 spiro atoms. The lowest BCUT2D eigenvalue weighted by Gasteiger charge is -2.26. The SMILES string of the molecule is C=CNOC(C)C(C)(C)C. The summed E-state index contributed by atoms with van der Waals surface area (Å²) in [5, 5.41) is 0. The van der Waals surface area contributed by atoms with Crippen molar-refractivity contribution in [1.82, 2.24) is 5.48 Å². The van der Waals surface area contributed by atoms with Gasteiger partial charge in [-0.15, -0.1) is 0 Å². The van der Waals surface area contributed by atoms with E-state index in [0.717, 1.165) is 0 Å². The van der Waals surface area contributed by atoms with Crippen LogP contribution in [0.15, 0.2) is 12.8 Å². The normalized spacial score (nSPS) is 14.4. The van der Waals surface area contributed by atoms with E-state index in [4.69, 9.17) is 4.84 Å². The Balaban J connectivity index is 3.61. The Morgan fingerprint density at radius 2 is 2.00 bits per heavy atom. The third-order valence-corrected chi connectivity index (χ3v) is 1.55. The van der Waals surface area contributed by atoms with Crippen LogP contribution in [0.25, 0.3) is 0 Å². The maximum absolute atomic E-state index is 5.19. The number of nitrogens with one attached hydrogen (secondary N) is 1. The third kappa shape index (κ3) is 3.51. The average Bonchev–Trinajstić information content (AvgIpc) is 1.80. The summed E-state index contributed by atoms with van der Waals surface area (Å²) < 4.78 is 0. The first-order chi connectivity index (χ1) is 4.48. The minimum Gasteiger partial charge on any atom is -0.275 e. The van der Waals surface area contributed by atoms with E-state index >= 15 is 0 Å².